The maximum absolute atomic E-state index is 13.0. The molecule has 19 heavy (non-hydrogen) atoms. The van der Waals surface area contributed by atoms with Crippen LogP contribution in [-0.4, -0.2) is 36.5 Å². The van der Waals surface area contributed by atoms with Gasteiger partial charge < -0.3 is 5.32 Å². The summed E-state index contributed by atoms with van der Waals surface area (Å²) >= 11 is 0. The monoisotopic (exact) mass is 270 g/mol. The number of rotatable bonds is 6. The molecule has 0 saturated heterocycles. The lowest BCUT2D eigenvalue weighted by Crippen LogP contribution is -2.42. The van der Waals surface area contributed by atoms with Gasteiger partial charge in [0.05, 0.1) is 0 Å². The van der Waals surface area contributed by atoms with Gasteiger partial charge in [0, 0.05) is 18.2 Å². The van der Waals surface area contributed by atoms with Crippen molar-refractivity contribution in [3.05, 3.63) is 35.4 Å². The second kappa shape index (κ2) is 7.19. The second-order valence-corrected chi connectivity index (χ2v) is 4.41. The van der Waals surface area contributed by atoms with Gasteiger partial charge in [0.25, 0.3) is 5.91 Å². The molecule has 0 spiro atoms. The van der Waals surface area contributed by atoms with Gasteiger partial charge in [-0.1, -0.05) is 13.8 Å². The Morgan fingerprint density at radius 2 is 1.89 bits per heavy atom. The molecule has 1 aromatic rings. The van der Waals surface area contributed by atoms with Crippen LogP contribution >= 0.6 is 0 Å². The van der Waals surface area contributed by atoms with Crippen LogP contribution in [0.4, 0.5) is 8.78 Å². The molecule has 0 aliphatic heterocycles. The number of hydrogen-bond acceptors (Lipinski definition) is 2. The third-order valence-corrected chi connectivity index (χ3v) is 3.18. The molecule has 1 N–H and O–H groups in total. The first-order chi connectivity index (χ1) is 8.99. The van der Waals surface area contributed by atoms with Crippen molar-refractivity contribution >= 4 is 5.91 Å². The summed E-state index contributed by atoms with van der Waals surface area (Å²) in [5, 5.41) is 2.72. The Hall–Kier alpha value is -1.49. The van der Waals surface area contributed by atoms with E-state index in [1.54, 1.807) is 0 Å². The summed E-state index contributed by atoms with van der Waals surface area (Å²) in [5.74, 6) is -2.35. The van der Waals surface area contributed by atoms with E-state index in [0.29, 0.717) is 6.54 Å². The maximum atomic E-state index is 13.0. The molecule has 0 aliphatic rings. The molecule has 0 saturated carbocycles. The number of likely N-dealkylation sites (N-methyl/N-ethyl adjacent to an activating group) is 1. The standard InChI is InChI=1S/C14H20F2N2O/c1-4-18(5-2)10(3)9-17-14(19)11-6-7-12(15)13(16)8-11/h6-8,10H,4-5,9H2,1-3H3,(H,17,19). The van der Waals surface area contributed by atoms with Gasteiger partial charge in [-0.05, 0) is 38.2 Å². The maximum Gasteiger partial charge on any atom is 0.251 e. The van der Waals surface area contributed by atoms with Crippen molar-refractivity contribution in [3.8, 4) is 0 Å². The number of nitrogens with one attached hydrogen (secondary N) is 1. The molecule has 5 heteroatoms. The molecule has 0 radical (unpaired) electrons. The molecule has 1 rings (SSSR count). The zero-order valence-corrected chi connectivity index (χ0v) is 11.5. The molecule has 1 atom stereocenters. The quantitative estimate of drug-likeness (QED) is 0.861. The molecule has 1 unspecified atom stereocenters. The van der Waals surface area contributed by atoms with E-state index < -0.39 is 17.5 Å². The number of benzene rings is 1. The van der Waals surface area contributed by atoms with E-state index in [1.807, 2.05) is 6.92 Å². The Morgan fingerprint density at radius 1 is 1.26 bits per heavy atom. The molecule has 106 valence electrons. The number of carbonyl (C=O) groups is 1. The third kappa shape index (κ3) is 4.28. The summed E-state index contributed by atoms with van der Waals surface area (Å²) < 4.78 is 25.8. The van der Waals surface area contributed by atoms with E-state index in [-0.39, 0.29) is 11.6 Å². The number of hydrogen-bond donors (Lipinski definition) is 1. The van der Waals surface area contributed by atoms with Crippen molar-refractivity contribution in [3.63, 3.8) is 0 Å². The first-order valence-corrected chi connectivity index (χ1v) is 6.46. The zero-order chi connectivity index (χ0) is 14.4. The average molecular weight is 270 g/mol. The lowest BCUT2D eigenvalue weighted by atomic mass is 10.2. The van der Waals surface area contributed by atoms with E-state index in [0.717, 1.165) is 25.2 Å². The summed E-state index contributed by atoms with van der Waals surface area (Å²) in [7, 11) is 0. The third-order valence-electron chi connectivity index (χ3n) is 3.18. The number of halogens is 2. The fourth-order valence-corrected chi connectivity index (χ4v) is 1.96. The van der Waals surface area contributed by atoms with Crippen molar-refractivity contribution in [2.75, 3.05) is 19.6 Å². The van der Waals surface area contributed by atoms with E-state index in [2.05, 4.69) is 24.1 Å². The van der Waals surface area contributed by atoms with Gasteiger partial charge in [0.2, 0.25) is 0 Å². The summed E-state index contributed by atoms with van der Waals surface area (Å²) in [6.45, 7) is 8.39. The number of amides is 1. The fraction of sp³-hybridized carbons (Fsp3) is 0.500. The van der Waals surface area contributed by atoms with E-state index >= 15 is 0 Å². The topological polar surface area (TPSA) is 32.3 Å². The first kappa shape index (κ1) is 15.6. The number of nitrogens with zero attached hydrogens (tertiary/aromatic N) is 1. The van der Waals surface area contributed by atoms with Gasteiger partial charge in [-0.2, -0.15) is 0 Å². The smallest absolute Gasteiger partial charge is 0.251 e. The predicted octanol–water partition coefficient (Wildman–Crippen LogP) is 2.42. The molecule has 0 aromatic heterocycles. The fourth-order valence-electron chi connectivity index (χ4n) is 1.96. The zero-order valence-electron chi connectivity index (χ0n) is 11.5. The molecule has 3 nitrogen and oxygen atoms in total. The van der Waals surface area contributed by atoms with Crippen molar-refractivity contribution < 1.29 is 13.6 Å². The van der Waals surface area contributed by atoms with Gasteiger partial charge in [-0.25, -0.2) is 8.78 Å². The molecule has 0 bridgehead atoms. The Labute approximate surface area is 112 Å². The Kier molecular flexibility index (Phi) is 5.89. The van der Waals surface area contributed by atoms with Crippen LogP contribution in [0, 0.1) is 11.6 Å². The van der Waals surface area contributed by atoms with Crippen LogP contribution in [-0.2, 0) is 0 Å². The molecule has 0 fully saturated rings. The van der Waals surface area contributed by atoms with E-state index in [9.17, 15) is 13.6 Å². The first-order valence-electron chi connectivity index (χ1n) is 6.46. The van der Waals surface area contributed by atoms with Crippen molar-refractivity contribution in [1.29, 1.82) is 0 Å². The molecular formula is C14H20F2N2O. The lowest BCUT2D eigenvalue weighted by Gasteiger charge is -2.26. The second-order valence-electron chi connectivity index (χ2n) is 4.41. The molecule has 0 heterocycles. The van der Waals surface area contributed by atoms with Gasteiger partial charge in [0.15, 0.2) is 11.6 Å². The lowest BCUT2D eigenvalue weighted by molar-refractivity contribution is 0.0937. The normalized spacial score (nSPS) is 12.5. The highest BCUT2D eigenvalue weighted by molar-refractivity contribution is 5.94. The van der Waals surface area contributed by atoms with Gasteiger partial charge in [-0.15, -0.1) is 0 Å². The minimum absolute atomic E-state index is 0.130. The van der Waals surface area contributed by atoms with Crippen molar-refractivity contribution in [1.82, 2.24) is 10.2 Å². The summed E-state index contributed by atoms with van der Waals surface area (Å²) in [6.07, 6.45) is 0. The summed E-state index contributed by atoms with van der Waals surface area (Å²) in [6, 6.07) is 3.34. The molecule has 0 aliphatic carbocycles. The predicted molar refractivity (Wildman–Crippen MR) is 71.1 cm³/mol. The minimum Gasteiger partial charge on any atom is -0.350 e. The van der Waals surface area contributed by atoms with Gasteiger partial charge >= 0.3 is 0 Å². The highest BCUT2D eigenvalue weighted by atomic mass is 19.2. The van der Waals surface area contributed by atoms with Crippen molar-refractivity contribution in [2.45, 2.75) is 26.8 Å². The Balaban J connectivity index is 2.58. The molecule has 1 amide bonds. The highest BCUT2D eigenvalue weighted by Crippen LogP contribution is 2.08. The summed E-state index contributed by atoms with van der Waals surface area (Å²) in [5.41, 5.74) is 0.130. The van der Waals surface area contributed by atoms with Crippen LogP contribution in [0.5, 0.6) is 0 Å². The highest BCUT2D eigenvalue weighted by Gasteiger charge is 2.13. The molecular weight excluding hydrogens is 250 g/mol. The van der Waals surface area contributed by atoms with Crippen LogP contribution in [0.25, 0.3) is 0 Å². The Morgan fingerprint density at radius 3 is 2.42 bits per heavy atom. The van der Waals surface area contributed by atoms with Crippen LogP contribution in [0.1, 0.15) is 31.1 Å². The van der Waals surface area contributed by atoms with E-state index in [1.165, 1.54) is 6.07 Å². The minimum atomic E-state index is -1.01. The van der Waals surface area contributed by atoms with Gasteiger partial charge in [-0.3, -0.25) is 9.69 Å². The van der Waals surface area contributed by atoms with E-state index in [4.69, 9.17) is 0 Å². The average Bonchev–Trinajstić information content (AvgIpc) is 2.40. The van der Waals surface area contributed by atoms with Crippen molar-refractivity contribution in [2.24, 2.45) is 0 Å². The van der Waals surface area contributed by atoms with Crippen LogP contribution in [0.3, 0.4) is 0 Å². The SMILES string of the molecule is CCN(CC)C(C)CNC(=O)c1ccc(F)c(F)c1. The molecule has 1 aromatic carbocycles. The largest absolute Gasteiger partial charge is 0.350 e. The van der Waals surface area contributed by atoms with Crippen LogP contribution < -0.4 is 5.32 Å². The number of carbonyl (C=O) groups excluding carboxylic acids is 1. The van der Waals surface area contributed by atoms with Gasteiger partial charge in [0.1, 0.15) is 0 Å². The van der Waals surface area contributed by atoms with Crippen LogP contribution in [0.15, 0.2) is 18.2 Å². The van der Waals surface area contributed by atoms with Crippen LogP contribution in [0.2, 0.25) is 0 Å². The Bertz CT molecular complexity index is 433. The summed E-state index contributed by atoms with van der Waals surface area (Å²) in [4.78, 5) is 14.0.